The molecule has 0 heterocycles. The van der Waals surface area contributed by atoms with Crippen LogP contribution >= 0.6 is 0 Å². The molecule has 2 rings (SSSR count). The van der Waals surface area contributed by atoms with Gasteiger partial charge in [-0.25, -0.2) is 13.2 Å². The molecule has 0 fully saturated rings. The number of carbonyl (C=O) groups excluding carboxylic acids is 1. The summed E-state index contributed by atoms with van der Waals surface area (Å²) in [6.07, 6.45) is 0. The van der Waals surface area contributed by atoms with Crippen molar-refractivity contribution in [2.24, 2.45) is 4.99 Å². The summed E-state index contributed by atoms with van der Waals surface area (Å²) in [4.78, 5) is 15.8. The Kier molecular flexibility index (Phi) is 6.39. The molecule has 0 radical (unpaired) electrons. The largest absolute Gasteiger partial charge is 0.352 e. The molecular weight excluding hydrogens is 333 g/mol. The van der Waals surface area contributed by atoms with Gasteiger partial charge in [-0.2, -0.15) is 0 Å². The van der Waals surface area contributed by atoms with Crippen LogP contribution in [0.2, 0.25) is 0 Å². The summed E-state index contributed by atoms with van der Waals surface area (Å²) >= 11 is 0. The maximum absolute atomic E-state index is 13.5. The Hall–Kier alpha value is -3.03. The van der Waals surface area contributed by atoms with Crippen LogP contribution < -0.4 is 16.0 Å². The number of carbonyl (C=O) groups is 1. The van der Waals surface area contributed by atoms with Crippen LogP contribution in [0.1, 0.15) is 5.56 Å². The SMILES string of the molecule is CN=C(NCC(=O)Nc1ccc(F)c(F)c1F)NCc1ccccc1. The lowest BCUT2D eigenvalue weighted by molar-refractivity contribution is -0.115. The van der Waals surface area contributed by atoms with Crippen molar-refractivity contribution in [2.45, 2.75) is 6.54 Å². The number of hydrogen-bond acceptors (Lipinski definition) is 2. The molecular formula is C17H17F3N4O. The first-order chi connectivity index (χ1) is 12.0. The van der Waals surface area contributed by atoms with Crippen molar-refractivity contribution in [3.8, 4) is 0 Å². The van der Waals surface area contributed by atoms with Crippen LogP contribution in [0.4, 0.5) is 18.9 Å². The van der Waals surface area contributed by atoms with Crippen LogP contribution in [0.3, 0.4) is 0 Å². The summed E-state index contributed by atoms with van der Waals surface area (Å²) in [6.45, 7) is 0.271. The topological polar surface area (TPSA) is 65.5 Å². The van der Waals surface area contributed by atoms with Crippen molar-refractivity contribution in [2.75, 3.05) is 18.9 Å². The molecule has 0 aliphatic rings. The molecule has 8 heteroatoms. The molecule has 0 atom stereocenters. The molecule has 5 nitrogen and oxygen atoms in total. The predicted octanol–water partition coefficient (Wildman–Crippen LogP) is 2.41. The molecule has 132 valence electrons. The third-order valence-corrected chi connectivity index (χ3v) is 3.25. The van der Waals surface area contributed by atoms with E-state index in [1.165, 1.54) is 7.05 Å². The Bertz CT molecular complexity index is 766. The fraction of sp³-hybridized carbons (Fsp3) is 0.176. The van der Waals surface area contributed by atoms with Gasteiger partial charge in [0.1, 0.15) is 0 Å². The van der Waals surface area contributed by atoms with Crippen LogP contribution in [-0.2, 0) is 11.3 Å². The maximum Gasteiger partial charge on any atom is 0.243 e. The highest BCUT2D eigenvalue weighted by Gasteiger charge is 2.15. The lowest BCUT2D eigenvalue weighted by Gasteiger charge is -2.12. The van der Waals surface area contributed by atoms with Gasteiger partial charge in [0.25, 0.3) is 0 Å². The van der Waals surface area contributed by atoms with Gasteiger partial charge < -0.3 is 16.0 Å². The molecule has 0 aromatic heterocycles. The van der Waals surface area contributed by atoms with Crippen molar-refractivity contribution < 1.29 is 18.0 Å². The second-order valence-electron chi connectivity index (χ2n) is 5.04. The predicted molar refractivity (Wildman–Crippen MR) is 89.6 cm³/mol. The van der Waals surface area contributed by atoms with Gasteiger partial charge in [-0.15, -0.1) is 0 Å². The van der Waals surface area contributed by atoms with E-state index in [1.54, 1.807) is 0 Å². The first-order valence-electron chi connectivity index (χ1n) is 7.43. The Morgan fingerprint density at radius 3 is 2.40 bits per heavy atom. The highest BCUT2D eigenvalue weighted by atomic mass is 19.2. The van der Waals surface area contributed by atoms with Gasteiger partial charge in [0.2, 0.25) is 5.91 Å². The number of hydrogen-bond donors (Lipinski definition) is 3. The Balaban J connectivity index is 1.85. The average Bonchev–Trinajstić information content (AvgIpc) is 2.63. The van der Waals surface area contributed by atoms with E-state index in [0.29, 0.717) is 12.5 Å². The normalized spacial score (nSPS) is 11.1. The van der Waals surface area contributed by atoms with E-state index in [1.807, 2.05) is 30.3 Å². The third-order valence-electron chi connectivity index (χ3n) is 3.25. The molecule has 3 N–H and O–H groups in total. The summed E-state index contributed by atoms with van der Waals surface area (Å²) < 4.78 is 39.5. The summed E-state index contributed by atoms with van der Waals surface area (Å²) in [6, 6.07) is 11.2. The van der Waals surface area contributed by atoms with Crippen molar-refractivity contribution in [1.82, 2.24) is 10.6 Å². The number of nitrogens with one attached hydrogen (secondary N) is 3. The zero-order valence-electron chi connectivity index (χ0n) is 13.4. The van der Waals surface area contributed by atoms with E-state index in [-0.39, 0.29) is 6.54 Å². The number of rotatable bonds is 5. The van der Waals surface area contributed by atoms with Gasteiger partial charge in [0.15, 0.2) is 23.4 Å². The van der Waals surface area contributed by atoms with Gasteiger partial charge in [0, 0.05) is 13.6 Å². The number of guanidine groups is 1. The Morgan fingerprint density at radius 1 is 1.00 bits per heavy atom. The summed E-state index contributed by atoms with van der Waals surface area (Å²) in [5.74, 6) is -4.66. The third kappa shape index (κ3) is 5.23. The zero-order chi connectivity index (χ0) is 18.2. The van der Waals surface area contributed by atoms with Crippen molar-refractivity contribution in [3.63, 3.8) is 0 Å². The fourth-order valence-corrected chi connectivity index (χ4v) is 1.98. The fourth-order valence-electron chi connectivity index (χ4n) is 1.98. The second-order valence-corrected chi connectivity index (χ2v) is 5.04. The molecule has 0 aliphatic carbocycles. The molecule has 2 aromatic carbocycles. The number of amides is 1. The zero-order valence-corrected chi connectivity index (χ0v) is 13.4. The quantitative estimate of drug-likeness (QED) is 0.441. The number of halogens is 3. The van der Waals surface area contributed by atoms with Crippen LogP contribution in [0.15, 0.2) is 47.5 Å². The number of anilines is 1. The molecule has 0 saturated carbocycles. The standard InChI is InChI=1S/C17H17F3N4O/c1-21-17(22-9-11-5-3-2-4-6-11)23-10-14(25)24-13-8-7-12(18)15(19)16(13)20/h2-8H,9-10H2,1H3,(H,24,25)(H2,21,22,23). The first kappa shape index (κ1) is 18.3. The molecule has 25 heavy (non-hydrogen) atoms. The lowest BCUT2D eigenvalue weighted by atomic mass is 10.2. The van der Waals surface area contributed by atoms with Gasteiger partial charge in [-0.05, 0) is 17.7 Å². The molecule has 0 bridgehead atoms. The first-order valence-corrected chi connectivity index (χ1v) is 7.43. The van der Waals surface area contributed by atoms with Gasteiger partial charge in [0.05, 0.1) is 12.2 Å². The minimum atomic E-state index is -1.63. The second kappa shape index (κ2) is 8.72. The van der Waals surface area contributed by atoms with Crippen LogP contribution in [0.5, 0.6) is 0 Å². The number of benzene rings is 2. The van der Waals surface area contributed by atoms with E-state index < -0.39 is 29.0 Å². The minimum absolute atomic E-state index is 0.229. The monoisotopic (exact) mass is 350 g/mol. The molecule has 1 amide bonds. The van der Waals surface area contributed by atoms with Crippen LogP contribution in [0, 0.1) is 17.5 Å². The van der Waals surface area contributed by atoms with Crippen LogP contribution in [-0.4, -0.2) is 25.5 Å². The lowest BCUT2D eigenvalue weighted by Crippen LogP contribution is -2.41. The van der Waals surface area contributed by atoms with E-state index in [0.717, 1.165) is 17.7 Å². The molecule has 0 spiro atoms. The smallest absolute Gasteiger partial charge is 0.243 e. The van der Waals surface area contributed by atoms with Gasteiger partial charge >= 0.3 is 0 Å². The Labute approximate surface area is 143 Å². The average molecular weight is 350 g/mol. The van der Waals surface area contributed by atoms with Crippen molar-refractivity contribution >= 4 is 17.6 Å². The van der Waals surface area contributed by atoms with E-state index in [9.17, 15) is 18.0 Å². The van der Waals surface area contributed by atoms with Gasteiger partial charge in [-0.3, -0.25) is 9.79 Å². The Morgan fingerprint density at radius 2 is 1.72 bits per heavy atom. The molecule has 2 aromatic rings. The highest BCUT2D eigenvalue weighted by Crippen LogP contribution is 2.19. The maximum atomic E-state index is 13.5. The molecule has 0 aliphatic heterocycles. The van der Waals surface area contributed by atoms with E-state index >= 15 is 0 Å². The minimum Gasteiger partial charge on any atom is -0.352 e. The number of nitrogens with zero attached hydrogens (tertiary/aromatic N) is 1. The van der Waals surface area contributed by atoms with E-state index in [4.69, 9.17) is 0 Å². The van der Waals surface area contributed by atoms with E-state index in [2.05, 4.69) is 20.9 Å². The van der Waals surface area contributed by atoms with Gasteiger partial charge in [-0.1, -0.05) is 30.3 Å². The van der Waals surface area contributed by atoms with Crippen molar-refractivity contribution in [3.05, 3.63) is 65.5 Å². The highest BCUT2D eigenvalue weighted by molar-refractivity contribution is 5.95. The summed E-state index contributed by atoms with van der Waals surface area (Å²) in [5.41, 5.74) is 0.594. The number of aliphatic imine (C=N–C) groups is 1. The molecule has 0 saturated heterocycles. The molecule has 0 unspecified atom stereocenters. The van der Waals surface area contributed by atoms with Crippen molar-refractivity contribution in [1.29, 1.82) is 0 Å². The summed E-state index contributed by atoms with van der Waals surface area (Å²) in [5, 5.41) is 7.92. The van der Waals surface area contributed by atoms with Crippen LogP contribution in [0.25, 0.3) is 0 Å². The summed E-state index contributed by atoms with van der Waals surface area (Å²) in [7, 11) is 1.53.